The van der Waals surface area contributed by atoms with Crippen LogP contribution in [-0.4, -0.2) is 43.8 Å². The Bertz CT molecular complexity index is 1700. The number of azide groups is 1. The molecule has 1 fully saturated rings. The Kier molecular flexibility index (Phi) is 8.72. The summed E-state index contributed by atoms with van der Waals surface area (Å²) < 4.78 is 40.2. The van der Waals surface area contributed by atoms with Gasteiger partial charge in [-0.2, -0.15) is 5.10 Å². The number of aromatic nitrogens is 4. The summed E-state index contributed by atoms with van der Waals surface area (Å²) in [6.07, 6.45) is 2.28. The molecule has 0 atom stereocenters. The van der Waals surface area contributed by atoms with Crippen molar-refractivity contribution in [2.24, 2.45) is 11.0 Å². The molecule has 3 aromatic heterocycles. The van der Waals surface area contributed by atoms with Gasteiger partial charge in [0.2, 0.25) is 5.89 Å². The number of hydrogen-bond donors (Lipinski definition) is 0. The summed E-state index contributed by atoms with van der Waals surface area (Å²) in [5.41, 5.74) is 8.99. The van der Waals surface area contributed by atoms with Crippen LogP contribution in [0.2, 0.25) is 0 Å². The third kappa shape index (κ3) is 7.45. The average Bonchev–Trinajstić information content (AvgIpc) is 3.48. The van der Waals surface area contributed by atoms with Crippen molar-refractivity contribution >= 4 is 17.7 Å². The number of pyridine rings is 1. The number of ketones is 1. The zero-order chi connectivity index (χ0) is 31.4. The number of benzene rings is 1. The highest BCUT2D eigenvalue weighted by molar-refractivity contribution is 5.96. The van der Waals surface area contributed by atoms with E-state index in [0.29, 0.717) is 29.5 Å². The van der Waals surface area contributed by atoms with Crippen molar-refractivity contribution in [2.45, 2.75) is 58.6 Å². The first-order valence-corrected chi connectivity index (χ1v) is 13.9. The number of anilines is 1. The van der Waals surface area contributed by atoms with Gasteiger partial charge in [-0.05, 0) is 74.9 Å². The lowest BCUT2D eigenvalue weighted by Crippen LogP contribution is -2.38. The van der Waals surface area contributed by atoms with E-state index in [2.05, 4.69) is 25.1 Å². The van der Waals surface area contributed by atoms with Gasteiger partial charge < -0.3 is 9.15 Å². The number of oxazole rings is 1. The van der Waals surface area contributed by atoms with E-state index in [9.17, 15) is 18.4 Å². The fourth-order valence-corrected chi connectivity index (χ4v) is 4.38. The highest BCUT2D eigenvalue weighted by atomic mass is 19.3. The molecular formula is C30H30F2N8O4. The van der Waals surface area contributed by atoms with Crippen LogP contribution in [0.5, 0.6) is 0 Å². The number of halogens is 2. The minimum Gasteiger partial charge on any atom is -0.444 e. The van der Waals surface area contributed by atoms with Gasteiger partial charge in [-0.25, -0.2) is 28.2 Å². The molecule has 1 amide bonds. The summed E-state index contributed by atoms with van der Waals surface area (Å²) in [5.74, 6) is 0.294. The third-order valence-corrected chi connectivity index (χ3v) is 6.71. The van der Waals surface area contributed by atoms with Crippen molar-refractivity contribution in [3.63, 3.8) is 0 Å². The summed E-state index contributed by atoms with van der Waals surface area (Å²) in [6, 6.07) is 9.95. The number of amides is 1. The van der Waals surface area contributed by atoms with E-state index in [0.717, 1.165) is 18.4 Å². The van der Waals surface area contributed by atoms with Gasteiger partial charge >= 0.3 is 6.09 Å². The first-order valence-electron chi connectivity index (χ1n) is 13.9. The Morgan fingerprint density at radius 1 is 1.23 bits per heavy atom. The van der Waals surface area contributed by atoms with Crippen LogP contribution in [0.25, 0.3) is 27.6 Å². The van der Waals surface area contributed by atoms with Crippen LogP contribution in [0.4, 0.5) is 19.4 Å². The second-order valence-corrected chi connectivity index (χ2v) is 11.4. The number of hydrogen-bond acceptors (Lipinski definition) is 8. The molecular weight excluding hydrogens is 574 g/mol. The van der Waals surface area contributed by atoms with E-state index in [4.69, 9.17) is 14.7 Å². The van der Waals surface area contributed by atoms with Crippen molar-refractivity contribution in [3.05, 3.63) is 88.0 Å². The summed E-state index contributed by atoms with van der Waals surface area (Å²) in [4.78, 5) is 38.9. The molecule has 44 heavy (non-hydrogen) atoms. The minimum atomic E-state index is -2.91. The third-order valence-electron chi connectivity index (χ3n) is 6.71. The molecule has 0 spiro atoms. The molecule has 0 radical (unpaired) electrons. The minimum absolute atomic E-state index is 0.0456. The second kappa shape index (κ2) is 12.6. The van der Waals surface area contributed by atoms with Crippen molar-refractivity contribution in [1.82, 2.24) is 19.7 Å². The number of carbonyl (C=O) groups excluding carboxylic acids is 2. The van der Waals surface area contributed by atoms with Gasteiger partial charge in [0.1, 0.15) is 29.1 Å². The van der Waals surface area contributed by atoms with E-state index < -0.39 is 29.6 Å². The van der Waals surface area contributed by atoms with Crippen LogP contribution in [0.1, 0.15) is 67.3 Å². The summed E-state index contributed by atoms with van der Waals surface area (Å²) >= 11 is 0. The second-order valence-electron chi connectivity index (χ2n) is 11.4. The molecule has 1 saturated carbocycles. The Hall–Kier alpha value is -5.10. The van der Waals surface area contributed by atoms with Crippen LogP contribution < -0.4 is 4.90 Å². The molecule has 5 rings (SSSR count). The lowest BCUT2D eigenvalue weighted by atomic mass is 10.1. The zero-order valence-electron chi connectivity index (χ0n) is 24.4. The number of rotatable bonds is 11. The summed E-state index contributed by atoms with van der Waals surface area (Å²) in [5, 5.41) is 7.49. The number of carbonyl (C=O) groups is 2. The van der Waals surface area contributed by atoms with E-state index in [1.165, 1.54) is 28.2 Å². The quantitative estimate of drug-likeness (QED) is 0.0756. The van der Waals surface area contributed by atoms with Crippen molar-refractivity contribution < 1.29 is 27.5 Å². The monoisotopic (exact) mass is 604 g/mol. The lowest BCUT2D eigenvalue weighted by molar-refractivity contribution is 0.0577. The standard InChI is InChI=1S/C30H30F2N8O4/c1-30(2,3)44-29(42)39(15-19-4-5-19)25-13-20(10-11-34-25)28-36-23(17-43-28)24(41)12-21-16-40(37-26(21)27(31)32)22-8-6-18(7-9-22)14-35-38-33/h6-11,13,16-17,19,27H,4-5,12,14-15H2,1-3H3. The van der Waals surface area contributed by atoms with Gasteiger partial charge in [-0.3, -0.25) is 9.69 Å². The van der Waals surface area contributed by atoms with Gasteiger partial charge in [0.15, 0.2) is 5.78 Å². The highest BCUT2D eigenvalue weighted by Gasteiger charge is 2.31. The van der Waals surface area contributed by atoms with Crippen LogP contribution >= 0.6 is 0 Å². The predicted molar refractivity (Wildman–Crippen MR) is 155 cm³/mol. The number of alkyl halides is 2. The summed E-state index contributed by atoms with van der Waals surface area (Å²) in [7, 11) is 0. The number of nitrogens with zero attached hydrogens (tertiary/aromatic N) is 8. The van der Waals surface area contributed by atoms with E-state index in [1.54, 1.807) is 57.2 Å². The first-order chi connectivity index (χ1) is 21.0. The largest absolute Gasteiger partial charge is 0.444 e. The molecule has 3 heterocycles. The SMILES string of the molecule is CC(C)(C)OC(=O)N(CC1CC1)c1cc(-c2nc(C(=O)Cc3cn(-c4ccc(CN=[N+]=[N-])cc4)nc3C(F)F)co2)ccn1. The van der Waals surface area contributed by atoms with Crippen molar-refractivity contribution in [2.75, 3.05) is 11.4 Å². The molecule has 1 aliphatic rings. The van der Waals surface area contributed by atoms with E-state index in [-0.39, 0.29) is 30.1 Å². The fourth-order valence-electron chi connectivity index (χ4n) is 4.38. The fraction of sp³-hybridized carbons (Fsp3) is 0.367. The molecule has 1 aromatic carbocycles. The van der Waals surface area contributed by atoms with Gasteiger partial charge in [0.25, 0.3) is 6.43 Å². The predicted octanol–water partition coefficient (Wildman–Crippen LogP) is 7.25. The van der Waals surface area contributed by atoms with Crippen LogP contribution in [0, 0.1) is 5.92 Å². The van der Waals surface area contributed by atoms with Gasteiger partial charge in [0, 0.05) is 41.4 Å². The Balaban J connectivity index is 1.34. The maximum absolute atomic E-state index is 13.9. The first kappa shape index (κ1) is 30.4. The maximum Gasteiger partial charge on any atom is 0.416 e. The lowest BCUT2D eigenvalue weighted by Gasteiger charge is -2.27. The molecule has 228 valence electrons. The number of Topliss-reactive ketones (excluding diaryl/α,β-unsaturated/α-hetero) is 1. The molecule has 0 unspecified atom stereocenters. The maximum atomic E-state index is 13.9. The van der Waals surface area contributed by atoms with E-state index >= 15 is 0 Å². The normalized spacial score (nSPS) is 13.0. The highest BCUT2D eigenvalue weighted by Crippen LogP contribution is 2.33. The van der Waals surface area contributed by atoms with Crippen LogP contribution in [0.15, 0.2) is 64.6 Å². The molecule has 14 heteroatoms. The van der Waals surface area contributed by atoms with Crippen molar-refractivity contribution in [3.8, 4) is 17.1 Å². The molecule has 4 aromatic rings. The zero-order valence-corrected chi connectivity index (χ0v) is 24.4. The molecule has 0 aliphatic heterocycles. The Morgan fingerprint density at radius 2 is 1.98 bits per heavy atom. The number of ether oxygens (including phenoxy) is 1. The molecule has 0 saturated heterocycles. The molecule has 0 N–H and O–H groups in total. The topological polar surface area (TPSA) is 152 Å². The smallest absolute Gasteiger partial charge is 0.416 e. The van der Waals surface area contributed by atoms with E-state index in [1.807, 2.05) is 0 Å². The average molecular weight is 605 g/mol. The summed E-state index contributed by atoms with van der Waals surface area (Å²) in [6.45, 7) is 5.98. The van der Waals surface area contributed by atoms with Gasteiger partial charge in [0.05, 0.1) is 12.2 Å². The van der Waals surface area contributed by atoms with Crippen molar-refractivity contribution in [1.29, 1.82) is 0 Å². The van der Waals surface area contributed by atoms with Gasteiger partial charge in [-0.15, -0.1) is 0 Å². The van der Waals surface area contributed by atoms with Gasteiger partial charge in [-0.1, -0.05) is 17.2 Å². The Labute approximate surface area is 251 Å². The Morgan fingerprint density at radius 3 is 2.64 bits per heavy atom. The van der Waals surface area contributed by atoms with Crippen LogP contribution in [-0.2, 0) is 17.7 Å². The molecule has 1 aliphatic carbocycles. The van der Waals surface area contributed by atoms with Crippen LogP contribution in [0.3, 0.4) is 0 Å². The molecule has 12 nitrogen and oxygen atoms in total. The molecule has 0 bridgehead atoms.